The summed E-state index contributed by atoms with van der Waals surface area (Å²) in [6.45, 7) is 9.30. The van der Waals surface area contributed by atoms with Gasteiger partial charge in [0, 0.05) is 36.8 Å². The number of aliphatic hydroxyl groups is 1. The van der Waals surface area contributed by atoms with Gasteiger partial charge in [-0.15, -0.1) is 0 Å². The minimum atomic E-state index is -0.572. The van der Waals surface area contributed by atoms with Gasteiger partial charge in [-0.25, -0.2) is 4.79 Å². The summed E-state index contributed by atoms with van der Waals surface area (Å²) in [7, 11) is 0. The summed E-state index contributed by atoms with van der Waals surface area (Å²) in [5.41, 5.74) is 3.41. The van der Waals surface area contributed by atoms with Crippen LogP contribution in [0.25, 0.3) is 0 Å². The topological polar surface area (TPSA) is 83.5 Å². The lowest BCUT2D eigenvalue weighted by atomic mass is 9.99. The Labute approximate surface area is 231 Å². The van der Waals surface area contributed by atoms with Crippen LogP contribution in [0.2, 0.25) is 0 Å². The number of anilines is 1. The molecule has 0 unspecified atom stereocenters. The van der Waals surface area contributed by atoms with E-state index < -0.39 is 12.4 Å². The van der Waals surface area contributed by atoms with Gasteiger partial charge in [-0.3, -0.25) is 10.2 Å². The Morgan fingerprint density at radius 1 is 1.05 bits per heavy atom. The number of amides is 1. The molecule has 8 heteroatoms. The van der Waals surface area contributed by atoms with Gasteiger partial charge in [0.05, 0.1) is 18.8 Å². The van der Waals surface area contributed by atoms with Crippen LogP contribution < -0.4 is 5.32 Å². The number of rotatable bonds is 10. The summed E-state index contributed by atoms with van der Waals surface area (Å²) < 4.78 is 18.2. The van der Waals surface area contributed by atoms with E-state index in [2.05, 4.69) is 21.7 Å². The standard InChI is InChI=1S/C31H41N3O5/c1-2-17-37-31(36)32-26-8-5-7-25(18-26)30-38-28(19-29(39-30)24-12-10-23(22-35)11-13-24)21-34-16-6-9-27(34)20-33-14-3-4-15-33/h2,5,7-8,10-13,18,27-30,35H,1,3-4,6,9,14-17,19-22H2,(H,32,36)/t27-,28-,29+,30+/m0/s1. The quantitative estimate of drug-likeness (QED) is 0.414. The van der Waals surface area contributed by atoms with E-state index in [1.807, 2.05) is 48.5 Å². The van der Waals surface area contributed by atoms with E-state index in [-0.39, 0.29) is 25.4 Å². The van der Waals surface area contributed by atoms with Crippen molar-refractivity contribution < 1.29 is 24.1 Å². The normalized spacial score (nSPS) is 26.0. The van der Waals surface area contributed by atoms with E-state index in [4.69, 9.17) is 14.2 Å². The first kappa shape index (κ1) is 27.8. The van der Waals surface area contributed by atoms with E-state index in [9.17, 15) is 9.90 Å². The van der Waals surface area contributed by atoms with Gasteiger partial charge in [-0.2, -0.15) is 0 Å². The van der Waals surface area contributed by atoms with Gasteiger partial charge >= 0.3 is 6.09 Å². The second-order valence-electron chi connectivity index (χ2n) is 10.8. The fraction of sp³-hybridized carbons (Fsp3) is 0.516. The highest BCUT2D eigenvalue weighted by molar-refractivity contribution is 5.84. The summed E-state index contributed by atoms with van der Waals surface area (Å²) in [4.78, 5) is 17.3. The molecule has 3 aliphatic heterocycles. The molecule has 3 heterocycles. The molecule has 3 aliphatic rings. The molecule has 8 nitrogen and oxygen atoms in total. The Balaban J connectivity index is 1.32. The van der Waals surface area contributed by atoms with Crippen molar-refractivity contribution in [1.82, 2.24) is 9.80 Å². The molecule has 0 bridgehead atoms. The van der Waals surface area contributed by atoms with Gasteiger partial charge in [-0.1, -0.05) is 49.1 Å². The van der Waals surface area contributed by atoms with Gasteiger partial charge in [0.1, 0.15) is 6.61 Å². The highest BCUT2D eigenvalue weighted by Crippen LogP contribution is 2.39. The number of carbonyl (C=O) groups excluding carboxylic acids is 1. The first-order valence-electron chi connectivity index (χ1n) is 14.2. The Hall–Kier alpha value is -2.75. The number of benzene rings is 2. The van der Waals surface area contributed by atoms with Gasteiger partial charge in [-0.05, 0) is 68.6 Å². The molecular weight excluding hydrogens is 494 g/mol. The molecule has 0 spiro atoms. The SMILES string of the molecule is C=CCOC(=O)Nc1cccc([C@@H]2O[C@H](CN3CCC[C@H]3CN3CCCC3)C[C@H](c3ccc(CO)cc3)O2)c1. The highest BCUT2D eigenvalue weighted by Gasteiger charge is 2.36. The summed E-state index contributed by atoms with van der Waals surface area (Å²) in [5.74, 6) is 0. The van der Waals surface area contributed by atoms with E-state index in [0.717, 1.165) is 42.7 Å². The van der Waals surface area contributed by atoms with E-state index >= 15 is 0 Å². The maximum Gasteiger partial charge on any atom is 0.411 e. The monoisotopic (exact) mass is 535 g/mol. The molecule has 2 aromatic rings. The van der Waals surface area contributed by atoms with Crippen molar-refractivity contribution in [3.05, 3.63) is 77.9 Å². The van der Waals surface area contributed by atoms with Crippen LogP contribution in [0.5, 0.6) is 0 Å². The van der Waals surface area contributed by atoms with E-state index in [1.54, 1.807) is 0 Å². The van der Waals surface area contributed by atoms with Crippen molar-refractivity contribution in [2.75, 3.05) is 44.6 Å². The van der Waals surface area contributed by atoms with Gasteiger partial charge in [0.15, 0.2) is 6.29 Å². The lowest BCUT2D eigenvalue weighted by molar-refractivity contribution is -0.253. The Morgan fingerprint density at radius 2 is 1.87 bits per heavy atom. The minimum Gasteiger partial charge on any atom is -0.445 e. The molecule has 2 N–H and O–H groups in total. The Kier molecular flexibility index (Phi) is 9.66. The number of hydrogen-bond donors (Lipinski definition) is 2. The second kappa shape index (κ2) is 13.5. The molecule has 0 aliphatic carbocycles. The third-order valence-corrected chi connectivity index (χ3v) is 7.96. The van der Waals surface area contributed by atoms with Crippen LogP contribution in [0.15, 0.2) is 61.2 Å². The van der Waals surface area contributed by atoms with Crippen molar-refractivity contribution in [3.63, 3.8) is 0 Å². The average Bonchev–Trinajstić information content (AvgIpc) is 3.64. The van der Waals surface area contributed by atoms with Crippen LogP contribution in [-0.2, 0) is 20.8 Å². The number of nitrogens with zero attached hydrogens (tertiary/aromatic N) is 2. The first-order chi connectivity index (χ1) is 19.1. The van der Waals surface area contributed by atoms with E-state index in [0.29, 0.717) is 11.7 Å². The van der Waals surface area contributed by atoms with Crippen molar-refractivity contribution >= 4 is 11.8 Å². The summed E-state index contributed by atoms with van der Waals surface area (Å²) in [6, 6.07) is 16.1. The number of carbonyl (C=O) groups is 1. The molecule has 1 amide bonds. The van der Waals surface area contributed by atoms with Crippen molar-refractivity contribution in [1.29, 1.82) is 0 Å². The number of nitrogens with one attached hydrogen (secondary N) is 1. The molecular formula is C31H41N3O5. The molecule has 0 saturated carbocycles. The van der Waals surface area contributed by atoms with E-state index in [1.165, 1.54) is 44.8 Å². The maximum absolute atomic E-state index is 12.1. The Bertz CT molecular complexity index is 1090. The zero-order valence-electron chi connectivity index (χ0n) is 22.7. The maximum atomic E-state index is 12.1. The zero-order chi connectivity index (χ0) is 27.0. The van der Waals surface area contributed by atoms with Crippen molar-refractivity contribution in [3.8, 4) is 0 Å². The second-order valence-corrected chi connectivity index (χ2v) is 10.8. The smallest absolute Gasteiger partial charge is 0.411 e. The number of aliphatic hydroxyl groups excluding tert-OH is 1. The lowest BCUT2D eigenvalue weighted by Crippen LogP contribution is -2.45. The van der Waals surface area contributed by atoms with Gasteiger partial charge < -0.3 is 24.2 Å². The van der Waals surface area contributed by atoms with Crippen molar-refractivity contribution in [2.24, 2.45) is 0 Å². The average molecular weight is 536 g/mol. The van der Waals surface area contributed by atoms with Crippen LogP contribution in [0.1, 0.15) is 61.2 Å². The van der Waals surface area contributed by atoms with Crippen LogP contribution in [-0.4, -0.2) is 72.5 Å². The summed E-state index contributed by atoms with van der Waals surface area (Å²) >= 11 is 0. The number of hydrogen-bond acceptors (Lipinski definition) is 7. The molecule has 3 fully saturated rings. The lowest BCUT2D eigenvalue weighted by Gasteiger charge is -2.39. The van der Waals surface area contributed by atoms with Crippen LogP contribution in [0.3, 0.4) is 0 Å². The molecule has 4 atom stereocenters. The fourth-order valence-electron chi connectivity index (χ4n) is 5.95. The third-order valence-electron chi connectivity index (χ3n) is 7.96. The zero-order valence-corrected chi connectivity index (χ0v) is 22.7. The number of ether oxygens (including phenoxy) is 3. The molecule has 39 heavy (non-hydrogen) atoms. The van der Waals surface area contributed by atoms with Gasteiger partial charge in [0.25, 0.3) is 0 Å². The summed E-state index contributed by atoms with van der Waals surface area (Å²) in [6.07, 6.45) is 6.14. The highest BCUT2D eigenvalue weighted by atomic mass is 16.7. The fourth-order valence-corrected chi connectivity index (χ4v) is 5.95. The summed E-state index contributed by atoms with van der Waals surface area (Å²) in [5, 5.41) is 12.3. The van der Waals surface area contributed by atoms with Crippen LogP contribution in [0, 0.1) is 0 Å². The molecule has 0 radical (unpaired) electrons. The minimum absolute atomic E-state index is 0.000353. The number of likely N-dealkylation sites (tertiary alicyclic amines) is 2. The predicted molar refractivity (Wildman–Crippen MR) is 150 cm³/mol. The molecule has 210 valence electrons. The van der Waals surface area contributed by atoms with Gasteiger partial charge in [0.2, 0.25) is 0 Å². The first-order valence-corrected chi connectivity index (χ1v) is 14.2. The van der Waals surface area contributed by atoms with Crippen molar-refractivity contribution in [2.45, 2.75) is 63.3 Å². The molecule has 0 aromatic heterocycles. The van der Waals surface area contributed by atoms with Crippen LogP contribution in [0.4, 0.5) is 10.5 Å². The van der Waals surface area contributed by atoms with Crippen LogP contribution >= 0.6 is 0 Å². The molecule has 2 aromatic carbocycles. The molecule has 3 saturated heterocycles. The Morgan fingerprint density at radius 3 is 2.64 bits per heavy atom. The molecule has 5 rings (SSSR count). The largest absolute Gasteiger partial charge is 0.445 e. The predicted octanol–water partition coefficient (Wildman–Crippen LogP) is 5.02. The third kappa shape index (κ3) is 7.47.